The molecule has 2 N–H and O–H groups in total. The fraction of sp³-hybridized carbons (Fsp3) is 0.444. The number of carbonyl (C=O) groups is 1. The predicted octanol–water partition coefficient (Wildman–Crippen LogP) is 2.48. The lowest BCUT2D eigenvalue weighted by Gasteiger charge is -2.09. The standard InChI is InChI=1S/C18H26N4O2/c1-13(2)16-11-17(20-18(23)12-19-9-10-24-4)22(21-16)15-7-5-14(3)6-8-15/h5-8,11,13,19H,9-10,12H2,1-4H3,(H,20,23). The van der Waals surface area contributed by atoms with Crippen molar-refractivity contribution in [2.24, 2.45) is 0 Å². The minimum atomic E-state index is -0.102. The van der Waals surface area contributed by atoms with Gasteiger partial charge in [-0.15, -0.1) is 0 Å². The number of methoxy groups -OCH3 is 1. The Labute approximate surface area is 143 Å². The molecule has 1 aromatic heterocycles. The van der Waals surface area contributed by atoms with Crippen LogP contribution in [0.5, 0.6) is 0 Å². The van der Waals surface area contributed by atoms with Crippen molar-refractivity contribution in [2.45, 2.75) is 26.7 Å². The molecule has 0 radical (unpaired) electrons. The van der Waals surface area contributed by atoms with Crippen molar-refractivity contribution in [2.75, 3.05) is 32.1 Å². The summed E-state index contributed by atoms with van der Waals surface area (Å²) in [4.78, 5) is 12.1. The zero-order valence-corrected chi connectivity index (χ0v) is 14.8. The van der Waals surface area contributed by atoms with Crippen LogP contribution in [0, 0.1) is 6.92 Å². The number of aryl methyl sites for hydroxylation is 1. The summed E-state index contributed by atoms with van der Waals surface area (Å²) in [7, 11) is 1.63. The first-order chi connectivity index (χ1) is 11.5. The van der Waals surface area contributed by atoms with Crippen molar-refractivity contribution < 1.29 is 9.53 Å². The van der Waals surface area contributed by atoms with Crippen molar-refractivity contribution >= 4 is 11.7 Å². The number of anilines is 1. The van der Waals surface area contributed by atoms with E-state index in [0.717, 1.165) is 11.4 Å². The van der Waals surface area contributed by atoms with Crippen LogP contribution in [0.15, 0.2) is 30.3 Å². The second-order valence-corrected chi connectivity index (χ2v) is 6.07. The molecule has 24 heavy (non-hydrogen) atoms. The van der Waals surface area contributed by atoms with Gasteiger partial charge in [0.15, 0.2) is 0 Å². The molecule has 0 aliphatic rings. The minimum Gasteiger partial charge on any atom is -0.383 e. The molecule has 1 amide bonds. The quantitative estimate of drug-likeness (QED) is 0.730. The fourth-order valence-corrected chi connectivity index (χ4v) is 2.22. The minimum absolute atomic E-state index is 0.102. The summed E-state index contributed by atoms with van der Waals surface area (Å²) in [5.41, 5.74) is 3.05. The molecule has 0 spiro atoms. The van der Waals surface area contributed by atoms with Gasteiger partial charge < -0.3 is 15.4 Å². The zero-order valence-electron chi connectivity index (χ0n) is 14.8. The lowest BCUT2D eigenvalue weighted by Crippen LogP contribution is -2.30. The molecule has 0 atom stereocenters. The summed E-state index contributed by atoms with van der Waals surface area (Å²) in [6.07, 6.45) is 0. The lowest BCUT2D eigenvalue weighted by molar-refractivity contribution is -0.115. The average Bonchev–Trinajstić information content (AvgIpc) is 2.96. The van der Waals surface area contributed by atoms with E-state index in [1.54, 1.807) is 11.8 Å². The molecule has 0 unspecified atom stereocenters. The van der Waals surface area contributed by atoms with Crippen LogP contribution in [0.3, 0.4) is 0 Å². The molecule has 0 saturated heterocycles. The zero-order chi connectivity index (χ0) is 17.5. The molecule has 0 saturated carbocycles. The Morgan fingerprint density at radius 1 is 1.29 bits per heavy atom. The van der Waals surface area contributed by atoms with E-state index in [2.05, 4.69) is 29.6 Å². The summed E-state index contributed by atoms with van der Waals surface area (Å²) in [6, 6.07) is 9.99. The molecular weight excluding hydrogens is 304 g/mol. The molecular formula is C18H26N4O2. The van der Waals surface area contributed by atoms with Gasteiger partial charge in [0, 0.05) is 19.7 Å². The van der Waals surface area contributed by atoms with Crippen LogP contribution in [-0.2, 0) is 9.53 Å². The molecule has 0 fully saturated rings. The molecule has 0 aliphatic carbocycles. The number of amides is 1. The molecule has 130 valence electrons. The lowest BCUT2D eigenvalue weighted by atomic mass is 10.1. The molecule has 2 aromatic rings. The Kier molecular flexibility index (Phi) is 6.52. The highest BCUT2D eigenvalue weighted by Gasteiger charge is 2.14. The maximum atomic E-state index is 12.1. The van der Waals surface area contributed by atoms with Gasteiger partial charge in [-0.2, -0.15) is 5.10 Å². The molecule has 1 heterocycles. The van der Waals surface area contributed by atoms with Gasteiger partial charge in [-0.1, -0.05) is 31.5 Å². The van der Waals surface area contributed by atoms with Gasteiger partial charge in [0.1, 0.15) is 5.82 Å². The Hall–Kier alpha value is -2.18. The van der Waals surface area contributed by atoms with E-state index in [9.17, 15) is 4.79 Å². The number of nitrogens with one attached hydrogen (secondary N) is 2. The van der Waals surface area contributed by atoms with Gasteiger partial charge in [-0.25, -0.2) is 4.68 Å². The van der Waals surface area contributed by atoms with E-state index in [0.29, 0.717) is 19.0 Å². The van der Waals surface area contributed by atoms with Crippen LogP contribution in [-0.4, -0.2) is 42.5 Å². The summed E-state index contributed by atoms with van der Waals surface area (Å²) >= 11 is 0. The van der Waals surface area contributed by atoms with Crippen LogP contribution in [0.1, 0.15) is 31.0 Å². The van der Waals surface area contributed by atoms with Crippen molar-refractivity contribution in [3.05, 3.63) is 41.6 Å². The van der Waals surface area contributed by atoms with Crippen LogP contribution in [0.4, 0.5) is 5.82 Å². The number of nitrogens with zero attached hydrogens (tertiary/aromatic N) is 2. The maximum absolute atomic E-state index is 12.1. The van der Waals surface area contributed by atoms with E-state index >= 15 is 0 Å². The third kappa shape index (κ3) is 4.91. The molecule has 6 nitrogen and oxygen atoms in total. The van der Waals surface area contributed by atoms with Gasteiger partial charge in [0.25, 0.3) is 0 Å². The van der Waals surface area contributed by atoms with Crippen LogP contribution in [0.2, 0.25) is 0 Å². The molecule has 1 aromatic carbocycles. The van der Waals surface area contributed by atoms with Crippen molar-refractivity contribution in [3.63, 3.8) is 0 Å². The summed E-state index contributed by atoms with van der Waals surface area (Å²) < 4.78 is 6.73. The summed E-state index contributed by atoms with van der Waals surface area (Å²) in [5.74, 6) is 0.864. The number of rotatable bonds is 8. The van der Waals surface area contributed by atoms with Crippen LogP contribution >= 0.6 is 0 Å². The highest BCUT2D eigenvalue weighted by Crippen LogP contribution is 2.22. The second-order valence-electron chi connectivity index (χ2n) is 6.07. The van der Waals surface area contributed by atoms with Crippen LogP contribution in [0.25, 0.3) is 5.69 Å². The van der Waals surface area contributed by atoms with Crippen molar-refractivity contribution in [3.8, 4) is 5.69 Å². The number of ether oxygens (including phenoxy) is 1. The first-order valence-electron chi connectivity index (χ1n) is 8.17. The van der Waals surface area contributed by atoms with Crippen LogP contribution < -0.4 is 10.6 Å². The Morgan fingerprint density at radius 3 is 2.62 bits per heavy atom. The van der Waals surface area contributed by atoms with Gasteiger partial charge >= 0.3 is 0 Å². The van der Waals surface area contributed by atoms with E-state index in [1.807, 2.05) is 37.3 Å². The molecule has 6 heteroatoms. The third-order valence-electron chi connectivity index (χ3n) is 3.63. The van der Waals surface area contributed by atoms with Gasteiger partial charge in [-0.05, 0) is 25.0 Å². The first kappa shape index (κ1) is 18.2. The van der Waals surface area contributed by atoms with Gasteiger partial charge in [0.05, 0.1) is 24.5 Å². The largest absolute Gasteiger partial charge is 0.383 e. The predicted molar refractivity (Wildman–Crippen MR) is 95.8 cm³/mol. The summed E-state index contributed by atoms with van der Waals surface area (Å²) in [6.45, 7) is 7.66. The number of carbonyl (C=O) groups excluding carboxylic acids is 1. The topological polar surface area (TPSA) is 68.2 Å². The fourth-order valence-electron chi connectivity index (χ4n) is 2.22. The number of aromatic nitrogens is 2. The highest BCUT2D eigenvalue weighted by atomic mass is 16.5. The smallest absolute Gasteiger partial charge is 0.239 e. The number of hydrogen-bond acceptors (Lipinski definition) is 4. The van der Waals surface area contributed by atoms with Gasteiger partial charge in [-0.3, -0.25) is 4.79 Å². The van der Waals surface area contributed by atoms with Crippen molar-refractivity contribution in [1.29, 1.82) is 0 Å². The SMILES string of the molecule is COCCNCC(=O)Nc1cc(C(C)C)nn1-c1ccc(C)cc1. The maximum Gasteiger partial charge on any atom is 0.239 e. The summed E-state index contributed by atoms with van der Waals surface area (Å²) in [5, 5.41) is 10.6. The Morgan fingerprint density at radius 2 is 2.00 bits per heavy atom. The average molecular weight is 330 g/mol. The third-order valence-corrected chi connectivity index (χ3v) is 3.63. The number of hydrogen-bond donors (Lipinski definition) is 2. The van der Waals surface area contributed by atoms with E-state index in [4.69, 9.17) is 4.74 Å². The second kappa shape index (κ2) is 8.61. The van der Waals surface area contributed by atoms with Gasteiger partial charge in [0.2, 0.25) is 5.91 Å². The number of benzene rings is 1. The molecule has 0 aliphatic heterocycles. The molecule has 2 rings (SSSR count). The van der Waals surface area contributed by atoms with Crippen molar-refractivity contribution in [1.82, 2.24) is 15.1 Å². The van der Waals surface area contributed by atoms with E-state index in [1.165, 1.54) is 5.56 Å². The first-order valence-corrected chi connectivity index (χ1v) is 8.17. The molecule has 0 bridgehead atoms. The van der Waals surface area contributed by atoms with E-state index < -0.39 is 0 Å². The normalized spacial score (nSPS) is 11.0. The Bertz CT molecular complexity index is 662. The highest BCUT2D eigenvalue weighted by molar-refractivity contribution is 5.91. The van der Waals surface area contributed by atoms with E-state index in [-0.39, 0.29) is 18.4 Å². The monoisotopic (exact) mass is 330 g/mol. The Balaban J connectivity index is 2.15.